The smallest absolute Gasteiger partial charge is 0.232 e. The summed E-state index contributed by atoms with van der Waals surface area (Å²) < 4.78 is 68.5. The molecule has 3 aliphatic rings. The highest BCUT2D eigenvalue weighted by atomic mass is 79.9. The molecule has 21 heteroatoms. The van der Waals surface area contributed by atoms with Crippen LogP contribution in [0.5, 0.6) is 0 Å². The minimum absolute atomic E-state index is 0.00533. The topological polar surface area (TPSA) is 158 Å². The van der Waals surface area contributed by atoms with Crippen LogP contribution in [0.3, 0.4) is 0 Å². The molecular weight excluding hydrogens is 1340 g/mol. The summed E-state index contributed by atoms with van der Waals surface area (Å²) in [5.41, 5.74) is 15.5. The maximum atomic E-state index is 12.7. The Balaban J connectivity index is 0.000000383. The van der Waals surface area contributed by atoms with E-state index >= 15 is 0 Å². The minimum Gasteiger partial charge on any atom is -0.414 e. The molecule has 470 valence electrons. The molecule has 2 aliphatic carbocycles. The number of hydrogen-bond donors (Lipinski definition) is 2. The second-order valence-electron chi connectivity index (χ2n) is 27.7. The number of piperidine rings is 1. The number of anilines is 3. The number of nitrogens with zero attached hydrogens (tertiary/aromatic N) is 2. The van der Waals surface area contributed by atoms with Crippen LogP contribution in [0.1, 0.15) is 160 Å². The van der Waals surface area contributed by atoms with Gasteiger partial charge in [0.05, 0.1) is 18.2 Å². The molecule has 3 fully saturated rings. The fourth-order valence-electron chi connectivity index (χ4n) is 9.13. The summed E-state index contributed by atoms with van der Waals surface area (Å²) in [4.78, 5) is 11.1. The van der Waals surface area contributed by atoms with Crippen LogP contribution in [0.2, 0.25) is 54.4 Å². The number of nitrogens with one attached hydrogen (secondary N) is 1. The first kappa shape index (κ1) is 76.9. The third kappa shape index (κ3) is 25.5. The van der Waals surface area contributed by atoms with Gasteiger partial charge < -0.3 is 24.4 Å². The summed E-state index contributed by atoms with van der Waals surface area (Å²) in [6.07, 6.45) is 11.9. The minimum atomic E-state index is -3.35. The Bertz CT molecular complexity index is 2720. The zero-order valence-electron chi connectivity index (χ0n) is 54.3. The molecule has 0 atom stereocenters. The van der Waals surface area contributed by atoms with Crippen molar-refractivity contribution >= 4 is 125 Å². The number of nitrogen functional groups attached to an aromatic ring is 1. The van der Waals surface area contributed by atoms with Gasteiger partial charge in [-0.3, -0.25) is 9.10 Å². The van der Waals surface area contributed by atoms with Gasteiger partial charge in [-0.15, -0.1) is 0 Å². The predicted octanol–water partition coefficient (Wildman–Crippen LogP) is 18.4. The quantitative estimate of drug-likeness (QED) is 0.107. The van der Waals surface area contributed by atoms with Crippen molar-refractivity contribution in [3.05, 3.63) is 83.2 Å². The Kier molecular flexibility index (Phi) is 29.4. The molecule has 2 saturated carbocycles. The summed E-state index contributed by atoms with van der Waals surface area (Å²) in [5, 5.41) is 6.65. The highest BCUT2D eigenvalue weighted by Crippen LogP contribution is 2.42. The van der Waals surface area contributed by atoms with E-state index in [2.05, 4.69) is 196 Å². The maximum Gasteiger partial charge on any atom is 0.232 e. The Morgan fingerprint density at radius 1 is 0.573 bits per heavy atom. The van der Waals surface area contributed by atoms with Gasteiger partial charge in [0.15, 0.2) is 16.6 Å². The van der Waals surface area contributed by atoms with E-state index in [1.165, 1.54) is 38.7 Å². The lowest BCUT2D eigenvalue weighted by molar-refractivity contribution is -0.121. The molecule has 3 aromatic carbocycles. The van der Waals surface area contributed by atoms with Crippen molar-refractivity contribution in [2.24, 2.45) is 0 Å². The molecule has 0 aromatic heterocycles. The molecule has 1 heterocycles. The number of carbonyl (C=O) groups excluding carboxylic acids is 1. The standard InChI is InChI=1S/C21H36BrNO3SSi.C19H33BrN2OSi.C12H24O2Si.C8H10BrN.CH3ClO2S/c1-15-13-18(14-16(2)20(15)22)23(27(6,24)25)17-9-11-19(12-10-17)26-28(7,8)21(3,4)5;1-14-12-17(13-15(2)18(14)20)21-16-8-10-22(11-9-16)23-24(6,7)19(3,4)5;1-12(2,3)15(4,5)14-11-8-6-10(13)7-9-11;1-5-3-7(10)4-6(2)8(5)9;1-5(2,3)4/h13-14,17,19H,9-12H2,1-8H3;12-13,16,21H,8-11H2,1-7H3;11H,6-9H2,1-5H3;3-4H,10H2,1-2H3;1H3. The Hall–Kier alpha value is -1.15. The van der Waals surface area contributed by atoms with Crippen LogP contribution < -0.4 is 15.4 Å². The van der Waals surface area contributed by atoms with Crippen LogP contribution in [-0.2, 0) is 37.2 Å². The van der Waals surface area contributed by atoms with Crippen LogP contribution in [0, 0.1) is 41.5 Å². The number of halogens is 4. The van der Waals surface area contributed by atoms with E-state index in [1.54, 1.807) is 4.31 Å². The van der Waals surface area contributed by atoms with Crippen LogP contribution in [0.25, 0.3) is 0 Å². The molecule has 0 bridgehead atoms. The van der Waals surface area contributed by atoms with Gasteiger partial charge in [0.1, 0.15) is 5.78 Å². The summed E-state index contributed by atoms with van der Waals surface area (Å²) >= 11 is 10.7. The van der Waals surface area contributed by atoms with Gasteiger partial charge in [-0.1, -0.05) is 110 Å². The summed E-state index contributed by atoms with van der Waals surface area (Å²) in [5.74, 6) is 0.407. The Morgan fingerprint density at radius 3 is 1.24 bits per heavy atom. The maximum absolute atomic E-state index is 12.7. The lowest BCUT2D eigenvalue weighted by atomic mass is 9.93. The zero-order valence-corrected chi connectivity index (χ0v) is 64.5. The molecule has 3 N–H and O–H groups in total. The molecular formula is C61H106Br3ClN4O8S2Si3. The number of sulfonamides is 1. The number of aryl methyl sites for hydroxylation is 6. The van der Waals surface area contributed by atoms with E-state index in [0.717, 1.165) is 115 Å². The number of benzene rings is 3. The third-order valence-electron chi connectivity index (χ3n) is 16.9. The molecule has 0 radical (unpaired) electrons. The number of nitrogens with two attached hydrogens (primary N) is 1. The molecule has 3 aromatic rings. The molecule has 6 rings (SSSR count). The summed E-state index contributed by atoms with van der Waals surface area (Å²) in [6, 6.07) is 12.8. The molecule has 0 unspecified atom stereocenters. The fraction of sp³-hybridized carbons (Fsp3) is 0.689. The second-order valence-corrected chi connectivity index (χ2v) is 49.2. The van der Waals surface area contributed by atoms with Gasteiger partial charge in [-0.05, 0) is 217 Å². The van der Waals surface area contributed by atoms with Crippen molar-refractivity contribution in [3.63, 3.8) is 0 Å². The molecule has 0 amide bonds. The van der Waals surface area contributed by atoms with Crippen molar-refractivity contribution in [1.29, 1.82) is 0 Å². The largest absolute Gasteiger partial charge is 0.414 e. The molecule has 82 heavy (non-hydrogen) atoms. The van der Waals surface area contributed by atoms with Crippen molar-refractivity contribution in [2.75, 3.05) is 41.0 Å². The highest BCUT2D eigenvalue weighted by Gasteiger charge is 2.43. The van der Waals surface area contributed by atoms with Gasteiger partial charge in [0, 0.05) is 85.7 Å². The van der Waals surface area contributed by atoms with Crippen molar-refractivity contribution < 1.29 is 35.0 Å². The van der Waals surface area contributed by atoms with E-state index in [9.17, 15) is 21.6 Å². The monoisotopic (exact) mass is 1440 g/mol. The van der Waals surface area contributed by atoms with E-state index in [1.807, 2.05) is 52.0 Å². The van der Waals surface area contributed by atoms with Crippen LogP contribution >= 0.6 is 58.5 Å². The van der Waals surface area contributed by atoms with Gasteiger partial charge in [0.2, 0.25) is 27.4 Å². The lowest BCUT2D eigenvalue weighted by Crippen LogP contribution is -2.50. The first-order chi connectivity index (χ1) is 37.0. The van der Waals surface area contributed by atoms with Crippen LogP contribution in [-0.4, -0.2) is 103 Å². The van der Waals surface area contributed by atoms with Crippen molar-refractivity contribution in [2.45, 2.75) is 247 Å². The lowest BCUT2D eigenvalue weighted by Gasteiger charge is -2.42. The highest BCUT2D eigenvalue weighted by molar-refractivity contribution is 9.11. The Labute approximate surface area is 531 Å². The van der Waals surface area contributed by atoms with Gasteiger partial charge >= 0.3 is 0 Å². The third-order valence-corrected chi connectivity index (χ3v) is 35.3. The molecule has 0 spiro atoms. The SMILES string of the molecule is CC(C)(C)[Si](C)(C)OC1CCC(=O)CC1.CS(=O)(=O)Cl.Cc1cc(N(C2CCC(O[Si](C)(C)C(C)(C)C)CC2)S(C)(=O)=O)cc(C)c1Br.Cc1cc(N)cc(C)c1Br.Cc1cc(NC2CCN(O[Si](C)(C)C(C)(C)C)CC2)cc(C)c1Br. The number of ketones is 1. The van der Waals surface area contributed by atoms with E-state index < -0.39 is 44.0 Å². The Morgan fingerprint density at radius 2 is 0.902 bits per heavy atom. The normalized spacial score (nSPS) is 18.4. The average molecular weight is 1450 g/mol. The summed E-state index contributed by atoms with van der Waals surface area (Å²) in [7, 11) is -7.18. The number of hydrogen-bond acceptors (Lipinski definition) is 11. The van der Waals surface area contributed by atoms with Gasteiger partial charge in [-0.25, -0.2) is 21.9 Å². The average Bonchev–Trinajstić information content (AvgIpc) is 3.52. The van der Waals surface area contributed by atoms with Crippen LogP contribution in [0.15, 0.2) is 49.8 Å². The predicted molar refractivity (Wildman–Crippen MR) is 370 cm³/mol. The summed E-state index contributed by atoms with van der Waals surface area (Å²) in [6.45, 7) is 48.6. The number of Topliss-reactive ketones (excluding diaryl/α,β-unsaturated/α-hetero) is 1. The molecule has 1 saturated heterocycles. The van der Waals surface area contributed by atoms with Crippen molar-refractivity contribution in [1.82, 2.24) is 5.06 Å². The first-order valence-electron chi connectivity index (χ1n) is 29.0. The van der Waals surface area contributed by atoms with E-state index in [0.29, 0.717) is 17.9 Å². The van der Waals surface area contributed by atoms with E-state index in [4.69, 9.17) is 19.1 Å². The second kappa shape index (κ2) is 31.3. The number of carbonyl (C=O) groups is 1. The van der Waals surface area contributed by atoms with Gasteiger partial charge in [-0.2, -0.15) is 0 Å². The fourth-order valence-corrected chi connectivity index (χ4v) is 15.0. The first-order valence-corrected chi connectivity index (χ1v) is 44.7. The number of rotatable bonds is 11. The zero-order chi connectivity index (χ0) is 63.5. The van der Waals surface area contributed by atoms with Crippen molar-refractivity contribution in [3.8, 4) is 0 Å². The number of hydroxylamine groups is 2. The van der Waals surface area contributed by atoms with Gasteiger partial charge in [0.25, 0.3) is 0 Å². The molecule has 12 nitrogen and oxygen atoms in total. The van der Waals surface area contributed by atoms with E-state index in [-0.39, 0.29) is 27.3 Å². The molecule has 1 aliphatic heterocycles. The van der Waals surface area contributed by atoms with Crippen LogP contribution in [0.4, 0.5) is 17.1 Å².